The van der Waals surface area contributed by atoms with Gasteiger partial charge in [-0.1, -0.05) is 0 Å². The second-order valence-corrected chi connectivity index (χ2v) is 8.63. The summed E-state index contributed by atoms with van der Waals surface area (Å²) in [5, 5.41) is 4.27. The molecular formula is C11H17N3O4S2. The molecule has 20 heavy (non-hydrogen) atoms. The molecule has 0 saturated carbocycles. The number of nitrogens with zero attached hydrogens (tertiary/aromatic N) is 2. The summed E-state index contributed by atoms with van der Waals surface area (Å²) in [6.45, 7) is 1.95. The zero-order valence-electron chi connectivity index (χ0n) is 11.1. The van der Waals surface area contributed by atoms with E-state index in [0.29, 0.717) is 25.1 Å². The molecule has 0 bridgehead atoms. The molecule has 1 aliphatic heterocycles. The van der Waals surface area contributed by atoms with Gasteiger partial charge in [0.1, 0.15) is 4.90 Å². The maximum Gasteiger partial charge on any atom is 0.244 e. The molecule has 2 N–H and O–H groups in total. The van der Waals surface area contributed by atoms with Crippen molar-refractivity contribution in [2.45, 2.75) is 29.9 Å². The smallest absolute Gasteiger partial charge is 0.244 e. The van der Waals surface area contributed by atoms with Crippen LogP contribution in [0.2, 0.25) is 0 Å². The zero-order chi connectivity index (χ0) is 15.0. The minimum Gasteiger partial charge on any atom is -0.260 e. The van der Waals surface area contributed by atoms with Crippen LogP contribution in [0.5, 0.6) is 0 Å². The first-order valence-corrected chi connectivity index (χ1v) is 9.20. The van der Waals surface area contributed by atoms with Gasteiger partial charge in [0.2, 0.25) is 20.0 Å². The van der Waals surface area contributed by atoms with Crippen LogP contribution in [0.3, 0.4) is 0 Å². The van der Waals surface area contributed by atoms with Crippen LogP contribution in [0.1, 0.15) is 18.5 Å². The normalized spacial score (nSPS) is 21.8. The Morgan fingerprint density at radius 1 is 1.30 bits per heavy atom. The van der Waals surface area contributed by atoms with Gasteiger partial charge in [-0.25, -0.2) is 22.0 Å². The number of aromatic nitrogens is 1. The number of pyridine rings is 1. The van der Waals surface area contributed by atoms with E-state index < -0.39 is 25.3 Å². The zero-order valence-corrected chi connectivity index (χ0v) is 12.7. The Morgan fingerprint density at radius 2 is 2.00 bits per heavy atom. The second-order valence-electron chi connectivity index (χ2n) is 4.85. The first-order valence-electron chi connectivity index (χ1n) is 6.15. The Labute approximate surface area is 118 Å². The standard InChI is InChI=1S/C11H17N3O4S2/c1-9-4-5-10(7-13-9)20(17,18)14-6-2-3-11(8-14)19(12,15)16/h4-5,7,11H,2-3,6,8H2,1H3,(H2,12,15,16). The number of nitrogens with two attached hydrogens (primary N) is 1. The maximum absolute atomic E-state index is 12.4. The average molecular weight is 319 g/mol. The van der Waals surface area contributed by atoms with E-state index in [1.54, 1.807) is 13.0 Å². The van der Waals surface area contributed by atoms with Crippen LogP contribution in [-0.2, 0) is 20.0 Å². The SMILES string of the molecule is Cc1ccc(S(=O)(=O)N2CCCC(S(N)(=O)=O)C2)cn1. The van der Waals surface area contributed by atoms with E-state index >= 15 is 0 Å². The van der Waals surface area contributed by atoms with Gasteiger partial charge < -0.3 is 0 Å². The van der Waals surface area contributed by atoms with Crippen molar-refractivity contribution in [2.75, 3.05) is 13.1 Å². The van der Waals surface area contributed by atoms with Gasteiger partial charge in [-0.15, -0.1) is 0 Å². The van der Waals surface area contributed by atoms with E-state index in [4.69, 9.17) is 5.14 Å². The number of hydrogen-bond donors (Lipinski definition) is 1. The fraction of sp³-hybridized carbons (Fsp3) is 0.545. The van der Waals surface area contributed by atoms with E-state index in [1.807, 2.05) is 0 Å². The molecule has 2 heterocycles. The third-order valence-electron chi connectivity index (χ3n) is 3.33. The quantitative estimate of drug-likeness (QED) is 0.831. The summed E-state index contributed by atoms with van der Waals surface area (Å²) in [5.41, 5.74) is 0.713. The molecule has 1 unspecified atom stereocenters. The van der Waals surface area contributed by atoms with Crippen LogP contribution in [0.4, 0.5) is 0 Å². The lowest BCUT2D eigenvalue weighted by molar-refractivity contribution is 0.346. The molecule has 1 fully saturated rings. The van der Waals surface area contributed by atoms with Crippen molar-refractivity contribution in [2.24, 2.45) is 5.14 Å². The van der Waals surface area contributed by atoms with Gasteiger partial charge >= 0.3 is 0 Å². The summed E-state index contributed by atoms with van der Waals surface area (Å²) in [6, 6.07) is 3.08. The highest BCUT2D eigenvalue weighted by molar-refractivity contribution is 7.90. The molecule has 1 aliphatic rings. The molecule has 1 atom stereocenters. The van der Waals surface area contributed by atoms with Crippen LogP contribution in [0.25, 0.3) is 0 Å². The highest BCUT2D eigenvalue weighted by Crippen LogP contribution is 2.22. The molecule has 0 radical (unpaired) electrons. The predicted molar refractivity (Wildman–Crippen MR) is 73.9 cm³/mol. The van der Waals surface area contributed by atoms with Crippen LogP contribution >= 0.6 is 0 Å². The number of aryl methyl sites for hydroxylation is 1. The van der Waals surface area contributed by atoms with Crippen molar-refractivity contribution >= 4 is 20.0 Å². The highest BCUT2D eigenvalue weighted by atomic mass is 32.2. The van der Waals surface area contributed by atoms with E-state index in [2.05, 4.69) is 4.98 Å². The molecule has 0 aliphatic carbocycles. The molecule has 1 aromatic rings. The third-order valence-corrected chi connectivity index (χ3v) is 6.49. The van der Waals surface area contributed by atoms with Crippen molar-refractivity contribution in [3.63, 3.8) is 0 Å². The van der Waals surface area contributed by atoms with Gasteiger partial charge in [-0.05, 0) is 31.9 Å². The number of piperidine rings is 1. The molecule has 2 rings (SSSR count). The van der Waals surface area contributed by atoms with Crippen LogP contribution in [0.15, 0.2) is 23.2 Å². The third kappa shape index (κ3) is 3.17. The van der Waals surface area contributed by atoms with Gasteiger partial charge in [0, 0.05) is 25.0 Å². The second kappa shape index (κ2) is 5.40. The molecule has 9 heteroatoms. The minimum absolute atomic E-state index is 0.0677. The van der Waals surface area contributed by atoms with Crippen LogP contribution in [0, 0.1) is 6.92 Å². The van der Waals surface area contributed by atoms with Crippen molar-refractivity contribution in [1.29, 1.82) is 0 Å². The summed E-state index contributed by atoms with van der Waals surface area (Å²) in [6.07, 6.45) is 2.14. The molecule has 0 aromatic carbocycles. The number of primary sulfonamides is 1. The maximum atomic E-state index is 12.4. The summed E-state index contributed by atoms with van der Waals surface area (Å²) < 4.78 is 48.8. The predicted octanol–water partition coefficient (Wildman–Crippen LogP) is -0.168. The molecule has 112 valence electrons. The molecule has 0 spiro atoms. The van der Waals surface area contributed by atoms with Gasteiger partial charge in [-0.3, -0.25) is 4.98 Å². The first-order chi connectivity index (χ1) is 9.21. The lowest BCUT2D eigenvalue weighted by Gasteiger charge is -2.30. The van der Waals surface area contributed by atoms with Crippen molar-refractivity contribution in [1.82, 2.24) is 9.29 Å². The summed E-state index contributed by atoms with van der Waals surface area (Å²) in [7, 11) is -7.45. The van der Waals surface area contributed by atoms with Gasteiger partial charge in [-0.2, -0.15) is 4.31 Å². The van der Waals surface area contributed by atoms with E-state index in [1.165, 1.54) is 12.3 Å². The van der Waals surface area contributed by atoms with Crippen molar-refractivity contribution in [3.05, 3.63) is 24.0 Å². The molecular weight excluding hydrogens is 302 g/mol. The van der Waals surface area contributed by atoms with Gasteiger partial charge in [0.05, 0.1) is 5.25 Å². The Balaban J connectivity index is 2.28. The van der Waals surface area contributed by atoms with Crippen LogP contribution in [-0.4, -0.2) is 44.5 Å². The Morgan fingerprint density at radius 3 is 2.55 bits per heavy atom. The number of hydrogen-bond acceptors (Lipinski definition) is 5. The Kier molecular flexibility index (Phi) is 4.14. The average Bonchev–Trinajstić information content (AvgIpc) is 2.38. The monoisotopic (exact) mass is 319 g/mol. The topological polar surface area (TPSA) is 110 Å². The van der Waals surface area contributed by atoms with E-state index in [0.717, 1.165) is 4.31 Å². The lowest BCUT2D eigenvalue weighted by atomic mass is 10.2. The Bertz CT molecular complexity index is 683. The number of sulfonamides is 2. The first kappa shape index (κ1) is 15.4. The molecule has 0 amide bonds. The molecule has 1 saturated heterocycles. The number of rotatable bonds is 3. The minimum atomic E-state index is -3.73. The van der Waals surface area contributed by atoms with Gasteiger partial charge in [0.15, 0.2) is 0 Å². The van der Waals surface area contributed by atoms with E-state index in [-0.39, 0.29) is 11.4 Å². The fourth-order valence-corrected chi connectivity index (χ4v) is 4.59. The molecule has 1 aromatic heterocycles. The Hall–Kier alpha value is -1.03. The van der Waals surface area contributed by atoms with E-state index in [9.17, 15) is 16.8 Å². The summed E-state index contributed by atoms with van der Waals surface area (Å²) in [4.78, 5) is 4.03. The van der Waals surface area contributed by atoms with Crippen molar-refractivity contribution < 1.29 is 16.8 Å². The summed E-state index contributed by atoms with van der Waals surface area (Å²) >= 11 is 0. The van der Waals surface area contributed by atoms with Gasteiger partial charge in [0.25, 0.3) is 0 Å². The largest absolute Gasteiger partial charge is 0.260 e. The lowest BCUT2D eigenvalue weighted by Crippen LogP contribution is -2.46. The van der Waals surface area contributed by atoms with Crippen molar-refractivity contribution in [3.8, 4) is 0 Å². The van der Waals surface area contributed by atoms with Crippen LogP contribution < -0.4 is 5.14 Å². The fourth-order valence-electron chi connectivity index (χ4n) is 2.15. The molecule has 7 nitrogen and oxygen atoms in total. The highest BCUT2D eigenvalue weighted by Gasteiger charge is 2.34. The summed E-state index contributed by atoms with van der Waals surface area (Å²) in [5.74, 6) is 0.